The maximum Gasteiger partial charge on any atom is 0.246 e. The Balaban J connectivity index is 1.79. The Hall–Kier alpha value is -2.59. The highest BCUT2D eigenvalue weighted by molar-refractivity contribution is 7.14. The molecule has 1 aromatic heterocycles. The highest BCUT2D eigenvalue weighted by Gasteiger charge is 2.41. The van der Waals surface area contributed by atoms with Gasteiger partial charge in [0.25, 0.3) is 0 Å². The average molecular weight is 357 g/mol. The molecular weight excluding hydrogens is 338 g/mol. The zero-order valence-corrected chi connectivity index (χ0v) is 15.0. The van der Waals surface area contributed by atoms with Crippen LogP contribution in [0, 0.1) is 16.7 Å². The van der Waals surface area contributed by atoms with Gasteiger partial charge in [0.15, 0.2) is 16.6 Å². The Morgan fingerprint density at radius 3 is 2.64 bits per heavy atom. The number of hydrogen-bond acceptors (Lipinski definition) is 6. The van der Waals surface area contributed by atoms with Gasteiger partial charge in [-0.05, 0) is 31.0 Å². The van der Waals surface area contributed by atoms with Crippen LogP contribution in [0.15, 0.2) is 23.6 Å². The Morgan fingerprint density at radius 2 is 2.00 bits per heavy atom. The zero-order chi connectivity index (χ0) is 17.9. The second-order valence-corrected chi connectivity index (χ2v) is 6.82. The van der Waals surface area contributed by atoms with Gasteiger partial charge in [-0.2, -0.15) is 5.26 Å². The Bertz CT molecular complexity index is 819. The summed E-state index contributed by atoms with van der Waals surface area (Å²) in [5.74, 6) is 1.01. The first-order chi connectivity index (χ1) is 12.1. The molecule has 1 saturated carbocycles. The molecule has 1 aliphatic carbocycles. The molecule has 0 spiro atoms. The summed E-state index contributed by atoms with van der Waals surface area (Å²) in [6.45, 7) is 0. The fourth-order valence-corrected chi connectivity index (χ4v) is 3.76. The molecule has 0 radical (unpaired) electrons. The Labute approximate surface area is 150 Å². The van der Waals surface area contributed by atoms with Crippen molar-refractivity contribution in [3.63, 3.8) is 0 Å². The molecule has 3 rings (SSSR count). The molecule has 0 atom stereocenters. The number of hydrogen-bond donors (Lipinski definition) is 1. The SMILES string of the molecule is COc1ccc(-c2csc(NC(=O)C3(C#N)CCCC3)n2)cc1OC. The Morgan fingerprint density at radius 1 is 1.28 bits per heavy atom. The lowest BCUT2D eigenvalue weighted by molar-refractivity contribution is -0.122. The van der Waals surface area contributed by atoms with Crippen molar-refractivity contribution in [2.45, 2.75) is 25.7 Å². The minimum absolute atomic E-state index is 0.249. The number of ether oxygens (including phenoxy) is 2. The summed E-state index contributed by atoms with van der Waals surface area (Å²) in [4.78, 5) is 17.0. The van der Waals surface area contributed by atoms with E-state index in [9.17, 15) is 10.1 Å². The van der Waals surface area contributed by atoms with E-state index in [0.29, 0.717) is 29.5 Å². The molecule has 1 N–H and O–H groups in total. The van der Waals surface area contributed by atoms with Crippen LogP contribution in [0.2, 0.25) is 0 Å². The molecule has 0 bridgehead atoms. The third-order valence-electron chi connectivity index (χ3n) is 4.51. The van der Waals surface area contributed by atoms with E-state index in [4.69, 9.17) is 9.47 Å². The molecule has 1 heterocycles. The number of methoxy groups -OCH3 is 2. The summed E-state index contributed by atoms with van der Waals surface area (Å²) in [7, 11) is 3.17. The predicted octanol–water partition coefficient (Wildman–Crippen LogP) is 3.85. The lowest BCUT2D eigenvalue weighted by Gasteiger charge is -2.17. The van der Waals surface area contributed by atoms with Gasteiger partial charge < -0.3 is 14.8 Å². The van der Waals surface area contributed by atoms with Crippen molar-refractivity contribution in [3.8, 4) is 28.8 Å². The second kappa shape index (κ2) is 7.11. The molecular formula is C18H19N3O3S. The van der Waals surface area contributed by atoms with Gasteiger partial charge in [0, 0.05) is 10.9 Å². The molecule has 0 unspecified atom stereocenters. The van der Waals surface area contributed by atoms with Crippen molar-refractivity contribution in [1.82, 2.24) is 4.98 Å². The molecule has 1 aromatic carbocycles. The number of thiazole rings is 1. The molecule has 0 saturated heterocycles. The maximum absolute atomic E-state index is 12.5. The van der Waals surface area contributed by atoms with Gasteiger partial charge in [-0.25, -0.2) is 4.98 Å². The van der Waals surface area contributed by atoms with Crippen molar-refractivity contribution >= 4 is 22.4 Å². The number of nitriles is 1. The van der Waals surface area contributed by atoms with Crippen molar-refractivity contribution in [1.29, 1.82) is 5.26 Å². The number of carbonyl (C=O) groups excluding carboxylic acids is 1. The molecule has 2 aromatic rings. The standard InChI is InChI=1S/C18H19N3O3S/c1-23-14-6-5-12(9-15(14)24-2)13-10-25-17(20-13)21-16(22)18(11-19)7-3-4-8-18/h5-6,9-10H,3-4,7-8H2,1-2H3,(H,20,21,22). The lowest BCUT2D eigenvalue weighted by atomic mass is 9.87. The van der Waals surface area contributed by atoms with E-state index in [1.165, 1.54) is 11.3 Å². The van der Waals surface area contributed by atoms with Crippen LogP contribution in [0.3, 0.4) is 0 Å². The van der Waals surface area contributed by atoms with E-state index in [0.717, 1.165) is 24.1 Å². The topological polar surface area (TPSA) is 84.2 Å². The van der Waals surface area contributed by atoms with E-state index in [1.54, 1.807) is 14.2 Å². The number of amides is 1. The minimum atomic E-state index is -0.908. The normalized spacial score (nSPS) is 15.4. The third kappa shape index (κ3) is 3.30. The highest BCUT2D eigenvalue weighted by Crippen LogP contribution is 2.39. The fraction of sp³-hybridized carbons (Fsp3) is 0.389. The summed E-state index contributed by atoms with van der Waals surface area (Å²) in [6, 6.07) is 7.74. The van der Waals surface area contributed by atoms with Crippen LogP contribution in [-0.4, -0.2) is 25.1 Å². The molecule has 130 valence electrons. The molecule has 0 aliphatic heterocycles. The summed E-state index contributed by atoms with van der Waals surface area (Å²) in [5.41, 5.74) is 0.693. The minimum Gasteiger partial charge on any atom is -0.493 e. The number of nitrogens with one attached hydrogen (secondary N) is 1. The first-order valence-corrected chi connectivity index (χ1v) is 8.90. The van der Waals surface area contributed by atoms with E-state index in [-0.39, 0.29) is 5.91 Å². The largest absolute Gasteiger partial charge is 0.493 e. The van der Waals surface area contributed by atoms with Crippen LogP contribution in [0.1, 0.15) is 25.7 Å². The van der Waals surface area contributed by atoms with E-state index < -0.39 is 5.41 Å². The summed E-state index contributed by atoms with van der Waals surface area (Å²) in [6.07, 6.45) is 3.05. The number of rotatable bonds is 5. The van der Waals surface area contributed by atoms with Crippen LogP contribution in [0.5, 0.6) is 11.5 Å². The van der Waals surface area contributed by atoms with Crippen molar-refractivity contribution in [3.05, 3.63) is 23.6 Å². The van der Waals surface area contributed by atoms with Gasteiger partial charge in [0.05, 0.1) is 26.0 Å². The van der Waals surface area contributed by atoms with E-state index in [2.05, 4.69) is 16.4 Å². The first kappa shape index (κ1) is 17.2. The molecule has 1 aliphatic rings. The van der Waals surface area contributed by atoms with Gasteiger partial charge in [0.1, 0.15) is 5.41 Å². The van der Waals surface area contributed by atoms with Crippen LogP contribution in [0.25, 0.3) is 11.3 Å². The average Bonchev–Trinajstić information content (AvgIpc) is 3.31. The van der Waals surface area contributed by atoms with Gasteiger partial charge in [0.2, 0.25) is 5.91 Å². The first-order valence-electron chi connectivity index (χ1n) is 8.02. The number of nitrogens with zero attached hydrogens (tertiary/aromatic N) is 2. The van der Waals surface area contributed by atoms with E-state index >= 15 is 0 Å². The molecule has 7 heteroatoms. The molecule has 1 fully saturated rings. The van der Waals surface area contributed by atoms with Gasteiger partial charge in [-0.3, -0.25) is 4.79 Å². The van der Waals surface area contributed by atoms with Crippen LogP contribution in [-0.2, 0) is 4.79 Å². The van der Waals surface area contributed by atoms with Gasteiger partial charge >= 0.3 is 0 Å². The summed E-state index contributed by atoms with van der Waals surface area (Å²) >= 11 is 1.34. The molecule has 25 heavy (non-hydrogen) atoms. The van der Waals surface area contributed by atoms with Crippen molar-refractivity contribution < 1.29 is 14.3 Å². The lowest BCUT2D eigenvalue weighted by Crippen LogP contribution is -2.32. The predicted molar refractivity (Wildman–Crippen MR) is 95.8 cm³/mol. The smallest absolute Gasteiger partial charge is 0.246 e. The second-order valence-electron chi connectivity index (χ2n) is 5.96. The number of aromatic nitrogens is 1. The highest BCUT2D eigenvalue weighted by atomic mass is 32.1. The maximum atomic E-state index is 12.5. The number of benzene rings is 1. The van der Waals surface area contributed by atoms with Crippen LogP contribution >= 0.6 is 11.3 Å². The Kier molecular flexibility index (Phi) is 4.91. The van der Waals surface area contributed by atoms with Crippen LogP contribution in [0.4, 0.5) is 5.13 Å². The van der Waals surface area contributed by atoms with Crippen molar-refractivity contribution in [2.75, 3.05) is 19.5 Å². The quantitative estimate of drug-likeness (QED) is 0.878. The van der Waals surface area contributed by atoms with Gasteiger partial charge in [-0.1, -0.05) is 12.8 Å². The molecule has 1 amide bonds. The van der Waals surface area contributed by atoms with E-state index in [1.807, 2.05) is 23.6 Å². The number of anilines is 1. The fourth-order valence-electron chi connectivity index (χ4n) is 3.04. The van der Waals surface area contributed by atoms with Crippen molar-refractivity contribution in [2.24, 2.45) is 5.41 Å². The van der Waals surface area contributed by atoms with Gasteiger partial charge in [-0.15, -0.1) is 11.3 Å². The summed E-state index contributed by atoms with van der Waals surface area (Å²) in [5, 5.41) is 14.6. The zero-order valence-electron chi connectivity index (χ0n) is 14.2. The van der Waals surface area contributed by atoms with Crippen LogP contribution < -0.4 is 14.8 Å². The monoisotopic (exact) mass is 357 g/mol. The third-order valence-corrected chi connectivity index (χ3v) is 5.27. The number of carbonyl (C=O) groups is 1. The summed E-state index contributed by atoms with van der Waals surface area (Å²) < 4.78 is 10.5. The molecule has 6 nitrogen and oxygen atoms in total.